The minimum atomic E-state index is -4.52. The van der Waals surface area contributed by atoms with Gasteiger partial charge in [-0.25, -0.2) is 0 Å². The molecular formula is C35H43F3N2O7. The Morgan fingerprint density at radius 1 is 1.02 bits per heavy atom. The van der Waals surface area contributed by atoms with Gasteiger partial charge in [-0.2, -0.15) is 13.2 Å². The highest BCUT2D eigenvalue weighted by Crippen LogP contribution is 2.52. The fourth-order valence-corrected chi connectivity index (χ4v) is 6.30. The molecule has 0 spiro atoms. The number of alkyl halides is 3. The van der Waals surface area contributed by atoms with Crippen molar-refractivity contribution in [1.82, 2.24) is 10.2 Å². The van der Waals surface area contributed by atoms with Gasteiger partial charge in [0.2, 0.25) is 11.8 Å². The highest BCUT2D eigenvalue weighted by molar-refractivity contribution is 5.92. The summed E-state index contributed by atoms with van der Waals surface area (Å²) in [5, 5.41) is 2.64. The van der Waals surface area contributed by atoms with Crippen LogP contribution in [0.5, 0.6) is 11.5 Å². The third-order valence-electron chi connectivity index (χ3n) is 8.94. The zero-order valence-electron chi connectivity index (χ0n) is 27.8. The molecule has 12 heteroatoms. The number of rotatable bonds is 10. The van der Waals surface area contributed by atoms with Crippen LogP contribution in [0.4, 0.5) is 13.2 Å². The van der Waals surface area contributed by atoms with Crippen molar-refractivity contribution in [2.75, 3.05) is 27.9 Å². The lowest BCUT2D eigenvalue weighted by Crippen LogP contribution is -2.61. The number of ether oxygens (including phenoxy) is 4. The summed E-state index contributed by atoms with van der Waals surface area (Å²) in [4.78, 5) is 42.7. The van der Waals surface area contributed by atoms with Crippen molar-refractivity contribution >= 4 is 17.8 Å². The number of benzene rings is 2. The van der Waals surface area contributed by atoms with Gasteiger partial charge in [0.25, 0.3) is 0 Å². The molecule has 2 amide bonds. The van der Waals surface area contributed by atoms with E-state index in [1.54, 1.807) is 17.9 Å². The first-order valence-electron chi connectivity index (χ1n) is 15.5. The lowest BCUT2D eigenvalue weighted by atomic mass is 9.65. The number of carbonyl (C=O) groups excluding carboxylic acids is 3. The van der Waals surface area contributed by atoms with Crippen molar-refractivity contribution in [3.8, 4) is 11.5 Å². The highest BCUT2D eigenvalue weighted by atomic mass is 19.4. The van der Waals surface area contributed by atoms with Gasteiger partial charge in [0.05, 0.1) is 39.1 Å². The summed E-state index contributed by atoms with van der Waals surface area (Å²) in [5.41, 5.74) is -0.966. The number of methoxy groups -OCH3 is 3. The van der Waals surface area contributed by atoms with Gasteiger partial charge >= 0.3 is 12.1 Å². The number of fused-ring (bicyclic) bond motifs is 1. The summed E-state index contributed by atoms with van der Waals surface area (Å²) < 4.78 is 62.1. The number of likely N-dealkylation sites (tertiary alicyclic amines) is 1. The number of amides is 2. The first-order valence-corrected chi connectivity index (χ1v) is 15.5. The van der Waals surface area contributed by atoms with Gasteiger partial charge in [0.1, 0.15) is 5.41 Å². The lowest BCUT2D eigenvalue weighted by Gasteiger charge is -2.53. The van der Waals surface area contributed by atoms with E-state index >= 15 is 0 Å². The van der Waals surface area contributed by atoms with Crippen LogP contribution in [-0.2, 0) is 43.0 Å². The maximum absolute atomic E-state index is 14.2. The van der Waals surface area contributed by atoms with Crippen LogP contribution in [0.3, 0.4) is 0 Å². The SMILES string of the molecule is COC(=O)[C@]12C[C@H](CC(=O)NCc3cccc(C(F)(F)F)c3)C(=O)N(CCc3ccc(OC)c(OC)c3)C1=C[C@H](C(C)(C)C)O[C@@H]2C. The summed E-state index contributed by atoms with van der Waals surface area (Å²) in [6, 6.07) is 10.1. The Balaban J connectivity index is 1.66. The molecule has 0 radical (unpaired) electrons. The van der Waals surface area contributed by atoms with E-state index in [0.717, 1.165) is 17.7 Å². The molecular weight excluding hydrogens is 617 g/mol. The molecule has 0 aliphatic carbocycles. The Morgan fingerprint density at radius 2 is 1.72 bits per heavy atom. The smallest absolute Gasteiger partial charge is 0.416 e. The van der Waals surface area contributed by atoms with Gasteiger partial charge in [0, 0.05) is 31.1 Å². The number of esters is 1. The van der Waals surface area contributed by atoms with Crippen LogP contribution < -0.4 is 14.8 Å². The summed E-state index contributed by atoms with van der Waals surface area (Å²) in [5.74, 6) is -1.31. The van der Waals surface area contributed by atoms with Crippen molar-refractivity contribution in [3.05, 3.63) is 70.9 Å². The fourth-order valence-electron chi connectivity index (χ4n) is 6.30. The molecule has 256 valence electrons. The van der Waals surface area contributed by atoms with Crippen molar-refractivity contribution in [1.29, 1.82) is 0 Å². The minimum Gasteiger partial charge on any atom is -0.493 e. The topological polar surface area (TPSA) is 103 Å². The third-order valence-corrected chi connectivity index (χ3v) is 8.94. The molecule has 2 aromatic carbocycles. The van der Waals surface area contributed by atoms with Crippen LogP contribution >= 0.6 is 0 Å². The van der Waals surface area contributed by atoms with Crippen LogP contribution in [0.25, 0.3) is 0 Å². The molecule has 0 aromatic heterocycles. The molecule has 4 atom stereocenters. The van der Waals surface area contributed by atoms with E-state index in [1.165, 1.54) is 33.5 Å². The fraction of sp³-hybridized carbons (Fsp3) is 0.514. The third kappa shape index (κ3) is 7.58. The maximum Gasteiger partial charge on any atom is 0.416 e. The molecule has 1 N–H and O–H groups in total. The van der Waals surface area contributed by atoms with Crippen molar-refractivity contribution < 1.29 is 46.5 Å². The minimum absolute atomic E-state index is 0.0355. The second-order valence-electron chi connectivity index (χ2n) is 13.1. The number of halogens is 3. The predicted molar refractivity (Wildman–Crippen MR) is 167 cm³/mol. The van der Waals surface area contributed by atoms with Crippen molar-refractivity contribution in [2.45, 2.75) is 71.9 Å². The summed E-state index contributed by atoms with van der Waals surface area (Å²) in [6.45, 7) is 7.81. The standard InChI is InChI=1S/C35H43F3N2O7/c1-21-34(32(43)46-7)19-24(17-30(41)39-20-23-9-8-10-25(15-23)35(36,37)38)31(42)40(28(34)18-29(47-21)33(2,3)4)14-13-22-11-12-26(44-5)27(16-22)45-6/h8-12,15-16,18,21,24,29H,13-14,17,19-20H2,1-7H3,(H,39,41)/t21-,24+,29-,34+/m1/s1. The molecule has 9 nitrogen and oxygen atoms in total. The molecule has 4 rings (SSSR count). The summed E-state index contributed by atoms with van der Waals surface area (Å²) >= 11 is 0. The molecule has 2 heterocycles. The van der Waals surface area contributed by atoms with E-state index in [0.29, 0.717) is 23.6 Å². The van der Waals surface area contributed by atoms with Crippen molar-refractivity contribution in [2.24, 2.45) is 16.7 Å². The maximum atomic E-state index is 14.2. The average molecular weight is 661 g/mol. The second kappa shape index (κ2) is 14.0. The Bertz CT molecular complexity index is 1520. The van der Waals surface area contributed by atoms with Crippen LogP contribution in [0.15, 0.2) is 54.2 Å². The molecule has 47 heavy (non-hydrogen) atoms. The normalized spacial score (nSPS) is 23.0. The largest absolute Gasteiger partial charge is 0.493 e. The van der Waals surface area contributed by atoms with Crippen molar-refractivity contribution in [3.63, 3.8) is 0 Å². The molecule has 2 aromatic rings. The summed E-state index contributed by atoms with van der Waals surface area (Å²) in [7, 11) is 4.35. The molecule has 1 fully saturated rings. The Kier molecular flexibility index (Phi) is 10.6. The number of hydrogen-bond donors (Lipinski definition) is 1. The number of nitrogens with zero attached hydrogens (tertiary/aromatic N) is 1. The highest BCUT2D eigenvalue weighted by Gasteiger charge is 2.60. The van der Waals surface area contributed by atoms with E-state index in [4.69, 9.17) is 18.9 Å². The predicted octanol–water partition coefficient (Wildman–Crippen LogP) is 5.70. The second-order valence-corrected chi connectivity index (χ2v) is 13.1. The van der Waals surface area contributed by atoms with Crippen LogP contribution in [0.1, 0.15) is 57.2 Å². The zero-order chi connectivity index (χ0) is 34.7. The van der Waals surface area contributed by atoms with Gasteiger partial charge in [-0.3, -0.25) is 14.4 Å². The lowest BCUT2D eigenvalue weighted by molar-refractivity contribution is -0.180. The number of piperidine rings is 1. The van der Waals surface area contributed by atoms with Gasteiger partial charge < -0.3 is 29.2 Å². The van der Waals surface area contributed by atoms with Gasteiger partial charge in [-0.15, -0.1) is 0 Å². The molecule has 2 aliphatic rings. The van der Waals surface area contributed by atoms with Gasteiger partial charge in [-0.05, 0) is 66.6 Å². The molecule has 0 saturated carbocycles. The summed E-state index contributed by atoms with van der Waals surface area (Å²) in [6.07, 6.45) is -3.75. The van der Waals surface area contributed by atoms with Crippen LogP contribution in [0.2, 0.25) is 0 Å². The Morgan fingerprint density at radius 3 is 2.34 bits per heavy atom. The molecule has 0 unspecified atom stereocenters. The molecule has 1 saturated heterocycles. The van der Waals surface area contributed by atoms with E-state index in [1.807, 2.05) is 39.0 Å². The number of nitrogens with one attached hydrogen (secondary N) is 1. The van der Waals surface area contributed by atoms with E-state index in [9.17, 15) is 27.6 Å². The van der Waals surface area contributed by atoms with E-state index in [2.05, 4.69) is 5.32 Å². The number of carbonyl (C=O) groups is 3. The monoisotopic (exact) mass is 660 g/mol. The number of hydrogen-bond acceptors (Lipinski definition) is 7. The first-order chi connectivity index (χ1) is 22.0. The average Bonchev–Trinajstić information content (AvgIpc) is 3.02. The Hall–Kier alpha value is -4.06. The quantitative estimate of drug-likeness (QED) is 0.327. The van der Waals surface area contributed by atoms with Gasteiger partial charge in [0.15, 0.2) is 11.5 Å². The van der Waals surface area contributed by atoms with Gasteiger partial charge in [-0.1, -0.05) is 39.0 Å². The van der Waals surface area contributed by atoms with E-state index in [-0.39, 0.29) is 42.8 Å². The zero-order valence-corrected chi connectivity index (χ0v) is 27.8. The van der Waals surface area contributed by atoms with Crippen LogP contribution in [0, 0.1) is 16.7 Å². The Labute approximate surface area is 273 Å². The molecule has 0 bridgehead atoms. The van der Waals surface area contributed by atoms with Crippen LogP contribution in [-0.4, -0.2) is 62.8 Å². The molecule has 2 aliphatic heterocycles. The van der Waals surface area contributed by atoms with E-state index < -0.39 is 47.2 Å². The first kappa shape index (κ1) is 35.8.